The quantitative estimate of drug-likeness (QED) is 0.181. The van der Waals surface area contributed by atoms with Crippen LogP contribution in [0.2, 0.25) is 0 Å². The summed E-state index contributed by atoms with van der Waals surface area (Å²) in [7, 11) is -0.953. The van der Waals surface area contributed by atoms with Crippen LogP contribution < -0.4 is 15.9 Å². The zero-order valence-electron chi connectivity index (χ0n) is 22.4. The lowest BCUT2D eigenvalue weighted by atomic mass is 10.1. The van der Waals surface area contributed by atoms with Gasteiger partial charge in [-0.3, -0.25) is 4.57 Å². The minimum absolute atomic E-state index is 0.0242. The van der Waals surface area contributed by atoms with E-state index in [1.807, 2.05) is 30.8 Å². The summed E-state index contributed by atoms with van der Waals surface area (Å²) in [6.07, 6.45) is 2.42. The predicted octanol–water partition coefficient (Wildman–Crippen LogP) is 3.70. The van der Waals surface area contributed by atoms with Crippen molar-refractivity contribution in [3.8, 4) is 5.75 Å². The molecule has 1 unspecified atom stereocenters. The molecular weight excluding hydrogens is 552 g/mol. The monoisotopic (exact) mass is 585 g/mol. The Morgan fingerprint density at radius 3 is 2.62 bits per heavy atom. The van der Waals surface area contributed by atoms with Gasteiger partial charge < -0.3 is 39.1 Å². The van der Waals surface area contributed by atoms with Gasteiger partial charge in [0.25, 0.3) is 0 Å². The van der Waals surface area contributed by atoms with E-state index in [0.29, 0.717) is 66.6 Å². The van der Waals surface area contributed by atoms with E-state index in [-0.39, 0.29) is 11.7 Å². The molecule has 12 nitrogen and oxygen atoms in total. The van der Waals surface area contributed by atoms with Crippen LogP contribution in [0.1, 0.15) is 5.56 Å². The van der Waals surface area contributed by atoms with Crippen LogP contribution in [0.5, 0.6) is 5.75 Å². The van der Waals surface area contributed by atoms with Crippen molar-refractivity contribution in [1.29, 1.82) is 0 Å². The maximum Gasteiger partial charge on any atom is 0.238 e. The molecule has 0 aliphatic carbocycles. The smallest absolute Gasteiger partial charge is 0.238 e. The summed E-state index contributed by atoms with van der Waals surface area (Å²) < 4.78 is 25.7. The molecule has 5 rings (SSSR count). The number of anilines is 3. The molecule has 2 aromatic carbocycles. The van der Waals surface area contributed by atoms with Gasteiger partial charge >= 0.3 is 0 Å². The van der Waals surface area contributed by atoms with Crippen LogP contribution in [0.15, 0.2) is 54.9 Å². The number of imidazole rings is 1. The first-order valence-electron chi connectivity index (χ1n) is 12.9. The Hall–Kier alpha value is -3.11. The number of hydrogen-bond donors (Lipinski definition) is 4. The van der Waals surface area contributed by atoms with Gasteiger partial charge in [0.15, 0.2) is 25.4 Å². The molecule has 3 heterocycles. The van der Waals surface area contributed by atoms with Gasteiger partial charge in [-0.2, -0.15) is 9.97 Å². The Balaban J connectivity index is 1.37. The van der Waals surface area contributed by atoms with E-state index < -0.39 is 15.7 Å². The van der Waals surface area contributed by atoms with Crippen molar-refractivity contribution < 1.29 is 23.6 Å². The Labute approximate surface area is 233 Å². The fourth-order valence-corrected chi connectivity index (χ4v) is 7.98. The fourth-order valence-electron chi connectivity index (χ4n) is 4.18. The number of nitrogens with zero attached hydrogens (tertiary/aromatic N) is 5. The molecule has 14 heteroatoms. The van der Waals surface area contributed by atoms with Crippen molar-refractivity contribution in [1.82, 2.24) is 24.4 Å². The van der Waals surface area contributed by atoms with Crippen LogP contribution in [0, 0.1) is 0 Å². The van der Waals surface area contributed by atoms with Gasteiger partial charge in [-0.05, 0) is 62.5 Å². The molecule has 0 bridgehead atoms. The number of phenolic OH excluding ortho intramolecular Hbond substituents is 1. The second-order valence-electron chi connectivity index (χ2n) is 9.67. The van der Waals surface area contributed by atoms with Crippen molar-refractivity contribution in [3.05, 3.63) is 60.4 Å². The lowest BCUT2D eigenvalue weighted by Gasteiger charge is -2.16. The zero-order chi connectivity index (χ0) is 28.1. The topological polar surface area (TPSA) is 147 Å². The molecule has 40 heavy (non-hydrogen) atoms. The average Bonchev–Trinajstić information content (AvgIpc) is 3.57. The van der Waals surface area contributed by atoms with Gasteiger partial charge in [0, 0.05) is 30.6 Å². The van der Waals surface area contributed by atoms with E-state index >= 15 is 0 Å². The summed E-state index contributed by atoms with van der Waals surface area (Å²) in [4.78, 5) is 26.7. The summed E-state index contributed by atoms with van der Waals surface area (Å²) in [6, 6.07) is 14.0. The van der Waals surface area contributed by atoms with Gasteiger partial charge in [0.05, 0.1) is 25.4 Å². The van der Waals surface area contributed by atoms with Crippen LogP contribution in [-0.4, -0.2) is 80.7 Å². The first kappa shape index (κ1) is 28.4. The van der Waals surface area contributed by atoms with Crippen molar-refractivity contribution in [2.45, 2.75) is 13.0 Å². The average molecular weight is 586 g/mol. The molecule has 0 amide bonds. The number of rotatable bonds is 12. The third kappa shape index (κ3) is 7.14. The minimum atomic E-state index is -3.62. The molecule has 1 saturated heterocycles. The van der Waals surface area contributed by atoms with Crippen LogP contribution >= 0.6 is 15.7 Å². The van der Waals surface area contributed by atoms with Crippen molar-refractivity contribution in [3.63, 3.8) is 0 Å². The summed E-state index contributed by atoms with van der Waals surface area (Å²) in [5.41, 5.74) is 2.97. The van der Waals surface area contributed by atoms with Crippen molar-refractivity contribution in [2.75, 3.05) is 56.9 Å². The standard InChI is InChI=1S/C26H33N7O5P2/c1-32(2)13-11-27-26-30-24(23-25(31-26)33(17-28-23)12-10-19-4-3-5-21(34)16-19)29-20-6-8-22(9-7-20)40(35,36)18-39-37-14-15-38-39/h3-9,16-17,34H,10-15,18H2,1-2H3,(H,35,36)(H2,27,29,30,31). The maximum atomic E-state index is 12.9. The van der Waals surface area contributed by atoms with Crippen molar-refractivity contribution in [2.24, 2.45) is 0 Å². The largest absolute Gasteiger partial charge is 0.508 e. The molecule has 212 valence electrons. The zero-order valence-corrected chi connectivity index (χ0v) is 24.2. The summed E-state index contributed by atoms with van der Waals surface area (Å²) in [5.74, 6) is 1.19. The van der Waals surface area contributed by atoms with Gasteiger partial charge in [-0.25, -0.2) is 4.98 Å². The maximum absolute atomic E-state index is 12.9. The highest BCUT2D eigenvalue weighted by Gasteiger charge is 2.30. The van der Waals surface area contributed by atoms with Gasteiger partial charge in [0.2, 0.25) is 13.3 Å². The van der Waals surface area contributed by atoms with E-state index in [0.717, 1.165) is 12.1 Å². The normalized spacial score (nSPS) is 15.5. The Morgan fingerprint density at radius 2 is 1.90 bits per heavy atom. The van der Waals surface area contributed by atoms with Crippen LogP contribution in [0.25, 0.3) is 11.2 Å². The molecule has 1 aliphatic rings. The first-order chi connectivity index (χ1) is 19.3. The lowest BCUT2D eigenvalue weighted by molar-refractivity contribution is 0.365. The molecule has 0 radical (unpaired) electrons. The Kier molecular flexibility index (Phi) is 8.95. The van der Waals surface area contributed by atoms with E-state index in [9.17, 15) is 14.6 Å². The highest BCUT2D eigenvalue weighted by Crippen LogP contribution is 2.56. The van der Waals surface area contributed by atoms with Gasteiger partial charge in [0.1, 0.15) is 5.75 Å². The Bertz CT molecular complexity index is 1490. The Morgan fingerprint density at radius 1 is 1.12 bits per heavy atom. The second kappa shape index (κ2) is 12.6. The second-order valence-corrected chi connectivity index (χ2v) is 13.9. The number of benzene rings is 2. The van der Waals surface area contributed by atoms with Crippen molar-refractivity contribution >= 4 is 49.7 Å². The number of fused-ring (bicyclic) bond motifs is 1. The molecule has 2 aromatic heterocycles. The first-order valence-corrected chi connectivity index (χ1v) is 16.1. The third-order valence-corrected chi connectivity index (χ3v) is 10.8. The number of phenols is 1. The number of aromatic nitrogens is 4. The molecule has 4 aromatic rings. The summed E-state index contributed by atoms with van der Waals surface area (Å²) in [6.45, 7) is 3.00. The van der Waals surface area contributed by atoms with Gasteiger partial charge in [-0.1, -0.05) is 12.1 Å². The highest BCUT2D eigenvalue weighted by molar-refractivity contribution is 7.76. The number of aromatic hydroxyl groups is 1. The molecule has 4 N–H and O–H groups in total. The van der Waals surface area contributed by atoms with E-state index in [2.05, 4.69) is 25.5 Å². The molecule has 1 aliphatic heterocycles. The van der Waals surface area contributed by atoms with E-state index in [4.69, 9.17) is 14.0 Å². The van der Waals surface area contributed by atoms with Crippen LogP contribution in [0.4, 0.5) is 17.5 Å². The minimum Gasteiger partial charge on any atom is -0.508 e. The van der Waals surface area contributed by atoms with E-state index in [1.165, 1.54) is 0 Å². The lowest BCUT2D eigenvalue weighted by Crippen LogP contribution is -2.21. The number of nitrogens with one attached hydrogen (secondary N) is 2. The summed E-state index contributed by atoms with van der Waals surface area (Å²) >= 11 is 0. The number of hydrogen-bond acceptors (Lipinski definition) is 10. The number of likely N-dealkylation sites (N-methyl/N-ethyl adjacent to an activating group) is 1. The fraction of sp³-hybridized carbons (Fsp3) is 0.346. The number of aryl methyl sites for hydroxylation is 2. The third-order valence-electron chi connectivity index (χ3n) is 6.25. The summed E-state index contributed by atoms with van der Waals surface area (Å²) in [5, 5.41) is 16.7. The molecule has 0 saturated carbocycles. The molecule has 0 spiro atoms. The van der Waals surface area contributed by atoms with Gasteiger partial charge in [-0.15, -0.1) is 0 Å². The highest BCUT2D eigenvalue weighted by atomic mass is 31.2. The van der Waals surface area contributed by atoms with Crippen LogP contribution in [0.3, 0.4) is 0 Å². The van der Waals surface area contributed by atoms with Crippen LogP contribution in [-0.2, 0) is 26.6 Å². The SMILES string of the molecule is CN(C)CCNc1nc(Nc2ccc(P(=O)(O)CP3OCCO3)cc2)c2ncn(CCc3cccc(O)c3)c2n1. The van der Waals surface area contributed by atoms with E-state index in [1.54, 1.807) is 42.7 Å². The molecule has 1 atom stereocenters. The predicted molar refractivity (Wildman–Crippen MR) is 157 cm³/mol. The molecular formula is C26H33N7O5P2. The molecule has 1 fully saturated rings.